The van der Waals surface area contributed by atoms with Crippen LogP contribution >= 0.6 is 0 Å². The number of nitrogens with one attached hydrogen (secondary N) is 2. The largest absolute Gasteiger partial charge is 0.465 e. The molecule has 0 saturated carbocycles. The first kappa shape index (κ1) is 32.8. The van der Waals surface area contributed by atoms with E-state index in [0.29, 0.717) is 28.4 Å². The van der Waals surface area contributed by atoms with Crippen LogP contribution in [0.2, 0.25) is 0 Å². The van der Waals surface area contributed by atoms with Crippen LogP contribution in [0.15, 0.2) is 60.7 Å². The topological polar surface area (TPSA) is 146 Å². The van der Waals surface area contributed by atoms with E-state index in [1.54, 1.807) is 32.0 Å². The minimum Gasteiger partial charge on any atom is -0.465 e. The highest BCUT2D eigenvalue weighted by Crippen LogP contribution is 2.34. The third-order valence-corrected chi connectivity index (χ3v) is 6.39. The number of hydrogen-bond donors (Lipinski definition) is 3. The van der Waals surface area contributed by atoms with E-state index in [-0.39, 0.29) is 22.6 Å². The van der Waals surface area contributed by atoms with E-state index >= 15 is 0 Å². The van der Waals surface area contributed by atoms with Crippen LogP contribution in [0, 0.1) is 47.2 Å². The van der Waals surface area contributed by atoms with Gasteiger partial charge in [-0.25, -0.2) is 27.2 Å². The lowest BCUT2D eigenvalue weighted by molar-refractivity contribution is -0.384. The van der Waals surface area contributed by atoms with Crippen LogP contribution in [0.1, 0.15) is 31.8 Å². The lowest BCUT2D eigenvalue weighted by Gasteiger charge is -2.14. The van der Waals surface area contributed by atoms with Crippen LogP contribution in [0.4, 0.5) is 51.7 Å². The average molecular weight is 615 g/mol. The van der Waals surface area contributed by atoms with Crippen LogP contribution in [-0.4, -0.2) is 31.1 Å². The summed E-state index contributed by atoms with van der Waals surface area (Å²) in [7, 11) is 2.48. The molecule has 0 aromatic heterocycles. The molecule has 4 aromatic carbocycles. The predicted octanol–water partition coefficient (Wildman–Crippen LogP) is 7.10. The number of nitrogen functional groups attached to an aromatic ring is 1. The molecule has 230 valence electrons. The molecule has 0 atom stereocenters. The van der Waals surface area contributed by atoms with E-state index in [2.05, 4.69) is 20.1 Å². The fourth-order valence-corrected chi connectivity index (χ4v) is 3.98. The summed E-state index contributed by atoms with van der Waals surface area (Å²) in [5.74, 6) is -5.79. The Morgan fingerprint density at radius 1 is 0.727 bits per heavy atom. The molecule has 0 unspecified atom stereocenters. The highest BCUT2D eigenvalue weighted by Gasteiger charge is 2.23. The second-order valence-electron chi connectivity index (χ2n) is 9.03. The molecule has 0 aliphatic rings. The number of nitrogens with two attached hydrogens (primary N) is 1. The van der Waals surface area contributed by atoms with Gasteiger partial charge in [-0.15, -0.1) is 0 Å². The number of ether oxygens (including phenoxy) is 2. The van der Waals surface area contributed by atoms with Gasteiger partial charge in [0.1, 0.15) is 5.69 Å². The van der Waals surface area contributed by atoms with E-state index in [0.717, 1.165) is 12.1 Å². The number of anilines is 5. The van der Waals surface area contributed by atoms with Crippen molar-refractivity contribution in [2.45, 2.75) is 13.8 Å². The van der Waals surface area contributed by atoms with E-state index in [9.17, 15) is 37.3 Å². The van der Waals surface area contributed by atoms with Gasteiger partial charge in [-0.2, -0.15) is 0 Å². The van der Waals surface area contributed by atoms with Gasteiger partial charge in [-0.3, -0.25) is 10.1 Å². The van der Waals surface area contributed by atoms with Gasteiger partial charge in [-0.1, -0.05) is 12.1 Å². The second-order valence-corrected chi connectivity index (χ2v) is 9.03. The zero-order valence-corrected chi connectivity index (χ0v) is 23.8. The Morgan fingerprint density at radius 3 is 1.61 bits per heavy atom. The molecule has 4 rings (SSSR count). The molecule has 0 heterocycles. The van der Waals surface area contributed by atoms with Crippen LogP contribution in [0.3, 0.4) is 0 Å². The van der Waals surface area contributed by atoms with Crippen molar-refractivity contribution in [3.05, 3.63) is 116 Å². The zero-order valence-electron chi connectivity index (χ0n) is 23.8. The molecule has 0 saturated heterocycles. The first-order valence-electron chi connectivity index (χ1n) is 12.6. The Labute approximate surface area is 248 Å². The van der Waals surface area contributed by atoms with Gasteiger partial charge in [0.15, 0.2) is 29.0 Å². The summed E-state index contributed by atoms with van der Waals surface area (Å²) in [6.45, 7) is 3.22. The number of carbonyl (C=O) groups excluding carboxylic acids is 2. The molecule has 0 aliphatic carbocycles. The van der Waals surface area contributed by atoms with Gasteiger partial charge in [0.25, 0.3) is 5.69 Å². The molecule has 0 radical (unpaired) electrons. The summed E-state index contributed by atoms with van der Waals surface area (Å²) >= 11 is 0. The SMILES string of the molecule is COC(=O)c1cccc(Nc2c(N)ccc(F)c2F)c1C.COC(=O)c1cccc(Nc2c([N+](=O)[O-])ccc(F)c2F)c1C. The third-order valence-electron chi connectivity index (χ3n) is 6.39. The van der Waals surface area contributed by atoms with E-state index in [1.165, 1.54) is 38.5 Å². The zero-order chi connectivity index (χ0) is 32.7. The lowest BCUT2D eigenvalue weighted by Crippen LogP contribution is -2.07. The highest BCUT2D eigenvalue weighted by molar-refractivity contribution is 5.94. The molecule has 4 N–H and O–H groups in total. The summed E-state index contributed by atoms with van der Waals surface area (Å²) in [5.41, 5.74) is 6.46. The first-order valence-corrected chi connectivity index (χ1v) is 12.6. The number of rotatable bonds is 7. The summed E-state index contributed by atoms with van der Waals surface area (Å²) < 4.78 is 63.7. The minimum atomic E-state index is -1.37. The first-order chi connectivity index (χ1) is 20.8. The van der Waals surface area contributed by atoms with Crippen molar-refractivity contribution < 1.29 is 41.5 Å². The number of carbonyl (C=O) groups is 2. The molecule has 4 aromatic rings. The normalized spacial score (nSPS) is 10.3. The number of nitro benzene ring substituents is 1. The van der Waals surface area contributed by atoms with Crippen molar-refractivity contribution in [1.29, 1.82) is 0 Å². The second kappa shape index (κ2) is 14.0. The number of nitro groups is 1. The maximum absolute atomic E-state index is 13.9. The summed E-state index contributed by atoms with van der Waals surface area (Å²) in [6, 6.07) is 13.0. The van der Waals surface area contributed by atoms with Gasteiger partial charge in [0.05, 0.1) is 36.0 Å². The summed E-state index contributed by atoms with van der Waals surface area (Å²) in [6.07, 6.45) is 0. The van der Waals surface area contributed by atoms with Crippen LogP contribution in [-0.2, 0) is 9.47 Å². The van der Waals surface area contributed by atoms with Gasteiger partial charge in [0.2, 0.25) is 0 Å². The molecular formula is C30H26F4N4O6. The fourth-order valence-electron chi connectivity index (χ4n) is 3.98. The van der Waals surface area contributed by atoms with Gasteiger partial charge in [0, 0.05) is 17.4 Å². The van der Waals surface area contributed by atoms with Crippen LogP contribution in [0.5, 0.6) is 0 Å². The highest BCUT2D eigenvalue weighted by atomic mass is 19.2. The fraction of sp³-hybridized carbons (Fsp3) is 0.133. The van der Waals surface area contributed by atoms with Gasteiger partial charge < -0.3 is 25.8 Å². The van der Waals surface area contributed by atoms with Crippen LogP contribution < -0.4 is 16.4 Å². The maximum atomic E-state index is 13.9. The van der Waals surface area contributed by atoms with E-state index in [1.807, 2.05) is 0 Å². The molecule has 0 bridgehead atoms. The number of esters is 2. The summed E-state index contributed by atoms with van der Waals surface area (Å²) in [5, 5.41) is 16.2. The van der Waals surface area contributed by atoms with E-state index in [4.69, 9.17) is 5.73 Å². The Balaban J connectivity index is 0.000000241. The number of methoxy groups -OCH3 is 2. The van der Waals surface area contributed by atoms with Crippen molar-refractivity contribution in [1.82, 2.24) is 0 Å². The van der Waals surface area contributed by atoms with Crippen molar-refractivity contribution in [2.75, 3.05) is 30.6 Å². The third kappa shape index (κ3) is 7.03. The molecule has 0 aliphatic heterocycles. The molecule has 0 fully saturated rings. The number of hydrogen-bond acceptors (Lipinski definition) is 9. The van der Waals surface area contributed by atoms with Crippen LogP contribution in [0.25, 0.3) is 0 Å². The Bertz CT molecular complexity index is 1750. The summed E-state index contributed by atoms with van der Waals surface area (Å²) in [4.78, 5) is 33.4. The molecule has 44 heavy (non-hydrogen) atoms. The minimum absolute atomic E-state index is 0.0665. The van der Waals surface area contributed by atoms with Gasteiger partial charge in [-0.05, 0) is 67.4 Å². The van der Waals surface area contributed by atoms with Gasteiger partial charge >= 0.3 is 11.9 Å². The molecular weight excluding hydrogens is 588 g/mol. The Kier molecular flexibility index (Phi) is 10.5. The number of nitrogens with zero attached hydrogens (tertiary/aromatic N) is 1. The number of benzene rings is 4. The quantitative estimate of drug-likeness (QED) is 0.0652. The molecule has 0 spiro atoms. The van der Waals surface area contributed by atoms with Crippen molar-refractivity contribution in [3.8, 4) is 0 Å². The Hall–Kier alpha value is -5.66. The van der Waals surface area contributed by atoms with Crippen molar-refractivity contribution >= 4 is 46.1 Å². The Morgan fingerprint density at radius 2 is 1.16 bits per heavy atom. The van der Waals surface area contributed by atoms with Crippen molar-refractivity contribution in [2.24, 2.45) is 0 Å². The monoisotopic (exact) mass is 614 g/mol. The lowest BCUT2D eigenvalue weighted by atomic mass is 10.1. The smallest absolute Gasteiger partial charge is 0.338 e. The molecule has 0 amide bonds. The van der Waals surface area contributed by atoms with E-state index < -0.39 is 51.5 Å². The average Bonchev–Trinajstić information content (AvgIpc) is 3.00. The van der Waals surface area contributed by atoms with Crippen molar-refractivity contribution in [3.63, 3.8) is 0 Å². The molecule has 14 heteroatoms. The molecule has 10 nitrogen and oxygen atoms in total. The standard InChI is InChI=1S/C15H12F2N2O4.C15H14F2N2O2/c1-8-9(15(20)23-2)4-3-5-11(8)18-14-12(19(21)22)7-6-10(16)13(14)17;1-8-9(15(20)21-2)4-3-5-12(8)19-14-11(18)7-6-10(16)13(14)17/h3-7,18H,1-2H3;3-7,19H,18H2,1-2H3. The predicted molar refractivity (Wildman–Crippen MR) is 155 cm³/mol. The number of halogens is 4. The maximum Gasteiger partial charge on any atom is 0.338 e.